The maximum Gasteiger partial charge on any atom is 0.279 e. The summed E-state index contributed by atoms with van der Waals surface area (Å²) in [5.41, 5.74) is 2.02. The SMILES string of the molecule is Br.O=C(Cn1c(=NC(=O)c2ccccc2)sc2ccccc21)c1ccc(Br)cc1. The molecular weight excluding hydrogens is 516 g/mol. The Morgan fingerprint density at radius 3 is 2.24 bits per heavy atom. The van der Waals surface area contributed by atoms with Gasteiger partial charge in [0.2, 0.25) is 0 Å². The number of benzene rings is 3. The molecule has 0 aliphatic rings. The number of rotatable bonds is 4. The molecule has 4 aromatic rings. The number of nitrogens with zero attached hydrogens (tertiary/aromatic N) is 2. The van der Waals surface area contributed by atoms with Crippen molar-refractivity contribution in [1.82, 2.24) is 4.57 Å². The van der Waals surface area contributed by atoms with Gasteiger partial charge in [-0.05, 0) is 36.4 Å². The molecule has 3 aromatic carbocycles. The quantitative estimate of drug-likeness (QED) is 0.319. The number of para-hydroxylation sites is 1. The van der Waals surface area contributed by atoms with Gasteiger partial charge in [0.15, 0.2) is 10.6 Å². The van der Waals surface area contributed by atoms with Crippen LogP contribution in [0, 0.1) is 0 Å². The van der Waals surface area contributed by atoms with Gasteiger partial charge in [-0.3, -0.25) is 9.59 Å². The van der Waals surface area contributed by atoms with Gasteiger partial charge >= 0.3 is 0 Å². The van der Waals surface area contributed by atoms with Gasteiger partial charge in [-0.25, -0.2) is 0 Å². The van der Waals surface area contributed by atoms with Crippen LogP contribution >= 0.6 is 44.2 Å². The summed E-state index contributed by atoms with van der Waals surface area (Å²) in [4.78, 5) is 30.2. The molecule has 0 unspecified atom stereocenters. The highest BCUT2D eigenvalue weighted by Gasteiger charge is 2.13. The number of thiazole rings is 1. The van der Waals surface area contributed by atoms with Crippen LogP contribution in [0.1, 0.15) is 20.7 Å². The molecule has 0 fully saturated rings. The predicted octanol–water partition coefficient (Wildman–Crippen LogP) is 5.67. The Bertz CT molecular complexity index is 1230. The zero-order valence-electron chi connectivity index (χ0n) is 15.1. The van der Waals surface area contributed by atoms with Crippen molar-refractivity contribution in [2.45, 2.75) is 6.54 Å². The lowest BCUT2D eigenvalue weighted by atomic mass is 10.1. The number of halogens is 2. The van der Waals surface area contributed by atoms with Crippen LogP contribution in [0.2, 0.25) is 0 Å². The molecule has 0 N–H and O–H groups in total. The van der Waals surface area contributed by atoms with Crippen molar-refractivity contribution in [1.29, 1.82) is 0 Å². The number of Topliss-reactive ketones (excluding diaryl/α,β-unsaturated/α-hetero) is 1. The van der Waals surface area contributed by atoms with Gasteiger partial charge in [0.05, 0.1) is 16.8 Å². The second-order valence-electron chi connectivity index (χ2n) is 6.15. The molecule has 0 spiro atoms. The molecule has 0 bridgehead atoms. The first kappa shape index (κ1) is 21.4. The summed E-state index contributed by atoms with van der Waals surface area (Å²) >= 11 is 4.78. The minimum Gasteiger partial charge on any atom is -0.308 e. The van der Waals surface area contributed by atoms with Gasteiger partial charge < -0.3 is 4.57 Å². The van der Waals surface area contributed by atoms with Gasteiger partial charge in [0.25, 0.3) is 5.91 Å². The number of fused-ring (bicyclic) bond motifs is 1. The molecule has 1 heterocycles. The molecule has 0 aliphatic heterocycles. The normalized spacial score (nSPS) is 11.3. The molecular formula is C22H16Br2N2O2S. The summed E-state index contributed by atoms with van der Waals surface area (Å²) in [6.07, 6.45) is 0. The molecule has 4 rings (SSSR count). The van der Waals surface area contributed by atoms with Gasteiger partial charge in [-0.2, -0.15) is 4.99 Å². The number of amides is 1. The van der Waals surface area contributed by atoms with E-state index in [0.29, 0.717) is 15.9 Å². The Kier molecular flexibility index (Phi) is 6.95. The monoisotopic (exact) mass is 530 g/mol. The number of aromatic nitrogens is 1. The Balaban J connectivity index is 0.00000240. The number of ketones is 1. The van der Waals surface area contributed by atoms with Crippen LogP contribution in [0.5, 0.6) is 0 Å². The molecule has 29 heavy (non-hydrogen) atoms. The van der Waals surface area contributed by atoms with Crippen molar-refractivity contribution in [2.24, 2.45) is 4.99 Å². The van der Waals surface area contributed by atoms with E-state index in [9.17, 15) is 9.59 Å². The number of carbonyl (C=O) groups excluding carboxylic acids is 2. The number of hydrogen-bond donors (Lipinski definition) is 0. The van der Waals surface area contributed by atoms with Gasteiger partial charge in [-0.15, -0.1) is 17.0 Å². The fraction of sp³-hybridized carbons (Fsp3) is 0.0455. The summed E-state index contributed by atoms with van der Waals surface area (Å²) in [7, 11) is 0. The van der Waals surface area contributed by atoms with E-state index in [1.807, 2.05) is 47.0 Å². The fourth-order valence-electron chi connectivity index (χ4n) is 2.86. The van der Waals surface area contributed by atoms with Crippen molar-refractivity contribution in [3.05, 3.63) is 99.3 Å². The minimum absolute atomic E-state index is 0. The molecule has 1 amide bonds. The van der Waals surface area contributed by atoms with Crippen molar-refractivity contribution < 1.29 is 9.59 Å². The Morgan fingerprint density at radius 1 is 0.862 bits per heavy atom. The third kappa shape index (κ3) is 4.80. The van der Waals surface area contributed by atoms with Crippen LogP contribution in [0.15, 0.2) is 88.3 Å². The molecule has 0 saturated heterocycles. The standard InChI is InChI=1S/C22H15BrN2O2S.BrH/c23-17-12-10-15(11-13-17)19(26)14-25-18-8-4-5-9-20(18)28-22(25)24-21(27)16-6-2-1-3-7-16;/h1-13H,14H2;1H. The zero-order chi connectivity index (χ0) is 19.5. The Morgan fingerprint density at radius 2 is 1.52 bits per heavy atom. The summed E-state index contributed by atoms with van der Waals surface area (Å²) < 4.78 is 3.71. The highest BCUT2D eigenvalue weighted by atomic mass is 79.9. The van der Waals surface area contributed by atoms with Crippen LogP contribution in [-0.4, -0.2) is 16.3 Å². The second-order valence-corrected chi connectivity index (χ2v) is 8.08. The maximum atomic E-state index is 12.8. The van der Waals surface area contributed by atoms with E-state index in [4.69, 9.17) is 0 Å². The van der Waals surface area contributed by atoms with Crippen LogP contribution in [0.25, 0.3) is 10.2 Å². The second kappa shape index (κ2) is 9.43. The summed E-state index contributed by atoms with van der Waals surface area (Å²) in [5.74, 6) is -0.360. The third-order valence-corrected chi connectivity index (χ3v) is 5.86. The first-order valence-corrected chi connectivity index (χ1v) is 10.2. The number of carbonyl (C=O) groups is 2. The molecule has 0 radical (unpaired) electrons. The fourth-order valence-corrected chi connectivity index (χ4v) is 4.15. The third-order valence-electron chi connectivity index (χ3n) is 4.27. The molecule has 4 nitrogen and oxygen atoms in total. The van der Waals surface area contributed by atoms with E-state index >= 15 is 0 Å². The molecule has 0 atom stereocenters. The average molecular weight is 532 g/mol. The Labute approximate surface area is 190 Å². The van der Waals surface area contributed by atoms with Gasteiger partial charge in [-0.1, -0.05) is 69.7 Å². The lowest BCUT2D eigenvalue weighted by molar-refractivity contribution is 0.0964. The first-order chi connectivity index (χ1) is 13.6. The predicted molar refractivity (Wildman–Crippen MR) is 125 cm³/mol. The first-order valence-electron chi connectivity index (χ1n) is 8.63. The largest absolute Gasteiger partial charge is 0.308 e. The number of hydrogen-bond acceptors (Lipinski definition) is 3. The maximum absolute atomic E-state index is 12.8. The van der Waals surface area contributed by atoms with E-state index in [-0.39, 0.29) is 35.2 Å². The molecule has 7 heteroatoms. The van der Waals surface area contributed by atoms with E-state index in [1.54, 1.807) is 36.4 Å². The van der Waals surface area contributed by atoms with E-state index in [2.05, 4.69) is 20.9 Å². The van der Waals surface area contributed by atoms with Crippen molar-refractivity contribution in [3.8, 4) is 0 Å². The molecule has 1 aromatic heterocycles. The van der Waals surface area contributed by atoms with Crippen molar-refractivity contribution >= 4 is 66.2 Å². The summed E-state index contributed by atoms with van der Waals surface area (Å²) in [6, 6.07) is 23.9. The molecule has 0 saturated carbocycles. The van der Waals surface area contributed by atoms with Gasteiger partial charge in [0.1, 0.15) is 0 Å². The molecule has 146 valence electrons. The van der Waals surface area contributed by atoms with Gasteiger partial charge in [0, 0.05) is 15.6 Å². The lowest BCUT2D eigenvalue weighted by Crippen LogP contribution is -2.21. The van der Waals surface area contributed by atoms with Crippen molar-refractivity contribution in [3.63, 3.8) is 0 Å². The van der Waals surface area contributed by atoms with E-state index in [0.717, 1.165) is 14.7 Å². The van der Waals surface area contributed by atoms with Crippen LogP contribution in [0.4, 0.5) is 0 Å². The van der Waals surface area contributed by atoms with E-state index in [1.165, 1.54) is 11.3 Å². The van der Waals surface area contributed by atoms with E-state index < -0.39 is 0 Å². The lowest BCUT2D eigenvalue weighted by Gasteiger charge is -2.05. The smallest absolute Gasteiger partial charge is 0.279 e. The molecule has 0 aliphatic carbocycles. The summed E-state index contributed by atoms with van der Waals surface area (Å²) in [5, 5.41) is 0. The van der Waals surface area contributed by atoms with Crippen LogP contribution in [-0.2, 0) is 6.54 Å². The topological polar surface area (TPSA) is 51.4 Å². The Hall–Kier alpha value is -2.35. The summed E-state index contributed by atoms with van der Waals surface area (Å²) in [6.45, 7) is 0.118. The highest BCUT2D eigenvalue weighted by molar-refractivity contribution is 9.10. The van der Waals surface area contributed by atoms with Crippen molar-refractivity contribution in [2.75, 3.05) is 0 Å². The van der Waals surface area contributed by atoms with Crippen LogP contribution in [0.3, 0.4) is 0 Å². The minimum atomic E-state index is -0.322. The van der Waals surface area contributed by atoms with Crippen LogP contribution < -0.4 is 4.80 Å². The zero-order valence-corrected chi connectivity index (χ0v) is 19.2. The average Bonchev–Trinajstić information content (AvgIpc) is 3.06. The highest BCUT2D eigenvalue weighted by Crippen LogP contribution is 2.18.